The number of para-hydroxylation sites is 1. The number of ether oxygens (including phenoxy) is 1. The van der Waals surface area contributed by atoms with Crippen molar-refractivity contribution < 1.29 is 28.3 Å². The van der Waals surface area contributed by atoms with Gasteiger partial charge in [-0.1, -0.05) is 29.8 Å². The lowest BCUT2D eigenvalue weighted by molar-refractivity contribution is -0.136. The van der Waals surface area contributed by atoms with Crippen molar-refractivity contribution in [1.29, 1.82) is 0 Å². The van der Waals surface area contributed by atoms with Crippen LogP contribution < -0.4 is 26.1 Å². The molecule has 0 spiro atoms. The molecular formula is C23H20ClN5O6. The minimum Gasteiger partial charge on any atom is -0.495 e. The number of hydrazone groups is 1. The van der Waals surface area contributed by atoms with Gasteiger partial charge in [-0.3, -0.25) is 19.2 Å². The third-order valence-electron chi connectivity index (χ3n) is 4.32. The second-order valence-corrected chi connectivity index (χ2v) is 7.22. The lowest BCUT2D eigenvalue weighted by Crippen LogP contribution is -2.34. The van der Waals surface area contributed by atoms with Crippen molar-refractivity contribution in [2.75, 3.05) is 17.7 Å². The van der Waals surface area contributed by atoms with Gasteiger partial charge in [-0.2, -0.15) is 5.10 Å². The first-order valence-electron chi connectivity index (χ1n) is 10.1. The summed E-state index contributed by atoms with van der Waals surface area (Å²) >= 11 is 5.98. The normalized spacial score (nSPS) is 10.5. The highest BCUT2D eigenvalue weighted by Gasteiger charge is 2.15. The van der Waals surface area contributed by atoms with Crippen molar-refractivity contribution in [1.82, 2.24) is 10.7 Å². The van der Waals surface area contributed by atoms with Gasteiger partial charge in [0, 0.05) is 11.4 Å². The van der Waals surface area contributed by atoms with Crippen LogP contribution in [0.15, 0.2) is 70.2 Å². The number of furan rings is 1. The van der Waals surface area contributed by atoms with Crippen molar-refractivity contribution in [2.45, 2.75) is 6.54 Å². The summed E-state index contributed by atoms with van der Waals surface area (Å²) in [4.78, 5) is 47.7. The smallest absolute Gasteiger partial charge is 0.329 e. The summed E-state index contributed by atoms with van der Waals surface area (Å²) in [6.45, 7) is -0.0476. The van der Waals surface area contributed by atoms with Crippen molar-refractivity contribution >= 4 is 52.8 Å². The molecule has 0 fully saturated rings. The van der Waals surface area contributed by atoms with E-state index in [0.29, 0.717) is 22.9 Å². The standard InChI is InChI=1S/C23H20ClN5O6/c1-34-19-10-7-15(11-18(19)24)28-22(32)23(33)29-26-13-17-9-8-16(35-17)12-25-20(30)21(31)27-14-5-3-2-4-6-14/h2-11,13H,12H2,1H3,(H,25,30)(H,27,31)(H,28,32)(H,29,33)/b26-13+. The molecule has 11 nitrogen and oxygen atoms in total. The van der Waals surface area contributed by atoms with Crippen LogP contribution in [0.5, 0.6) is 5.75 Å². The number of nitrogens with one attached hydrogen (secondary N) is 4. The average Bonchev–Trinajstić information content (AvgIpc) is 3.30. The Morgan fingerprint density at radius 3 is 2.34 bits per heavy atom. The quantitative estimate of drug-likeness (QED) is 0.223. The summed E-state index contributed by atoms with van der Waals surface area (Å²) in [6, 6.07) is 16.1. The van der Waals surface area contributed by atoms with E-state index in [-0.39, 0.29) is 17.3 Å². The minimum absolute atomic E-state index is 0.0476. The molecule has 3 rings (SSSR count). The van der Waals surface area contributed by atoms with E-state index in [1.54, 1.807) is 42.5 Å². The molecule has 2 aromatic carbocycles. The summed E-state index contributed by atoms with van der Waals surface area (Å²) in [5.41, 5.74) is 2.86. The number of methoxy groups -OCH3 is 1. The highest BCUT2D eigenvalue weighted by atomic mass is 35.5. The molecule has 3 aromatic rings. The third kappa shape index (κ3) is 7.44. The van der Waals surface area contributed by atoms with Crippen LogP contribution in [0.2, 0.25) is 5.02 Å². The maximum atomic E-state index is 12.0. The molecule has 0 aliphatic heterocycles. The molecule has 1 aromatic heterocycles. The summed E-state index contributed by atoms with van der Waals surface area (Å²) in [5.74, 6) is -2.62. The highest BCUT2D eigenvalue weighted by molar-refractivity contribution is 6.40. The lowest BCUT2D eigenvalue weighted by Gasteiger charge is -2.07. The Hall–Kier alpha value is -4.64. The van der Waals surface area contributed by atoms with Crippen molar-refractivity contribution in [3.63, 3.8) is 0 Å². The molecule has 0 atom stereocenters. The Labute approximate surface area is 204 Å². The number of amides is 4. The van der Waals surface area contributed by atoms with Crippen molar-refractivity contribution in [3.05, 3.63) is 77.2 Å². The van der Waals surface area contributed by atoms with Gasteiger partial charge < -0.3 is 25.1 Å². The Morgan fingerprint density at radius 2 is 1.63 bits per heavy atom. The molecule has 0 aliphatic carbocycles. The number of carbonyl (C=O) groups is 4. The van der Waals surface area contributed by atoms with Crippen LogP contribution >= 0.6 is 11.6 Å². The van der Waals surface area contributed by atoms with E-state index in [0.717, 1.165) is 0 Å². The van der Waals surface area contributed by atoms with Crippen molar-refractivity contribution in [2.24, 2.45) is 5.10 Å². The summed E-state index contributed by atoms with van der Waals surface area (Å²) in [7, 11) is 1.45. The molecule has 0 saturated heterocycles. The molecule has 180 valence electrons. The van der Waals surface area contributed by atoms with Gasteiger partial charge in [-0.05, 0) is 42.5 Å². The van der Waals surface area contributed by atoms with Crippen LogP contribution in [0.1, 0.15) is 11.5 Å². The van der Waals surface area contributed by atoms with Gasteiger partial charge in [0.05, 0.1) is 24.9 Å². The Kier molecular flexibility index (Phi) is 8.57. The number of carbonyl (C=O) groups excluding carboxylic acids is 4. The molecule has 0 saturated carbocycles. The van der Waals surface area contributed by atoms with E-state index in [1.807, 2.05) is 0 Å². The fraction of sp³-hybridized carbons (Fsp3) is 0.0870. The van der Waals surface area contributed by atoms with E-state index in [4.69, 9.17) is 20.8 Å². The molecule has 0 aliphatic rings. The van der Waals surface area contributed by atoms with Crippen molar-refractivity contribution in [3.8, 4) is 5.75 Å². The zero-order valence-corrected chi connectivity index (χ0v) is 19.1. The molecule has 0 unspecified atom stereocenters. The first kappa shape index (κ1) is 25.0. The SMILES string of the molecule is COc1ccc(NC(=O)C(=O)N/N=C/c2ccc(CNC(=O)C(=O)Nc3ccccc3)o2)cc1Cl. The van der Waals surface area contributed by atoms with Gasteiger partial charge in [0.25, 0.3) is 0 Å². The third-order valence-corrected chi connectivity index (χ3v) is 4.61. The first-order chi connectivity index (χ1) is 16.9. The second-order valence-electron chi connectivity index (χ2n) is 6.81. The van der Waals surface area contributed by atoms with Gasteiger partial charge >= 0.3 is 23.6 Å². The predicted molar refractivity (Wildman–Crippen MR) is 128 cm³/mol. The van der Waals surface area contributed by atoms with E-state index in [9.17, 15) is 19.2 Å². The zero-order chi connectivity index (χ0) is 25.2. The van der Waals surface area contributed by atoms with E-state index in [1.165, 1.54) is 31.5 Å². The number of hydrogen-bond acceptors (Lipinski definition) is 7. The first-order valence-corrected chi connectivity index (χ1v) is 10.4. The number of anilines is 2. The molecule has 35 heavy (non-hydrogen) atoms. The Bertz CT molecular complexity index is 1260. The maximum absolute atomic E-state index is 12.0. The van der Waals surface area contributed by atoms with Crippen LogP contribution in [0.4, 0.5) is 11.4 Å². The zero-order valence-electron chi connectivity index (χ0n) is 18.3. The highest BCUT2D eigenvalue weighted by Crippen LogP contribution is 2.27. The van der Waals surface area contributed by atoms with Crippen LogP contribution in [0, 0.1) is 0 Å². The van der Waals surface area contributed by atoms with Gasteiger partial charge in [0.2, 0.25) is 0 Å². The number of halogens is 1. The number of hydrogen-bond donors (Lipinski definition) is 4. The van der Waals surface area contributed by atoms with Crippen LogP contribution in [0.25, 0.3) is 0 Å². The van der Waals surface area contributed by atoms with Crippen LogP contribution in [0.3, 0.4) is 0 Å². The fourth-order valence-electron chi connectivity index (χ4n) is 2.65. The molecule has 0 radical (unpaired) electrons. The van der Waals surface area contributed by atoms with Crippen LogP contribution in [-0.2, 0) is 25.7 Å². The molecule has 1 heterocycles. The van der Waals surface area contributed by atoms with E-state index < -0.39 is 23.6 Å². The number of benzene rings is 2. The second kappa shape index (κ2) is 12.0. The Balaban J connectivity index is 1.43. The number of nitrogens with zero attached hydrogens (tertiary/aromatic N) is 1. The van der Waals surface area contributed by atoms with Crippen LogP contribution in [-0.4, -0.2) is 37.0 Å². The molecule has 4 amide bonds. The maximum Gasteiger partial charge on any atom is 0.329 e. The summed E-state index contributed by atoms with van der Waals surface area (Å²) in [5, 5.41) is 11.2. The topological polar surface area (TPSA) is 151 Å². The molecule has 12 heteroatoms. The lowest BCUT2D eigenvalue weighted by atomic mass is 10.3. The van der Waals surface area contributed by atoms with Gasteiger partial charge in [0.15, 0.2) is 0 Å². The number of rotatable bonds is 7. The summed E-state index contributed by atoms with van der Waals surface area (Å²) < 4.78 is 10.4. The van der Waals surface area contributed by atoms with Gasteiger partial charge in [0.1, 0.15) is 17.3 Å². The van der Waals surface area contributed by atoms with E-state index >= 15 is 0 Å². The molecular weight excluding hydrogens is 478 g/mol. The van der Waals surface area contributed by atoms with E-state index in [2.05, 4.69) is 26.5 Å². The Morgan fingerprint density at radius 1 is 0.914 bits per heavy atom. The molecule has 0 bridgehead atoms. The fourth-order valence-corrected chi connectivity index (χ4v) is 2.91. The largest absolute Gasteiger partial charge is 0.495 e. The van der Waals surface area contributed by atoms with Gasteiger partial charge in [-0.25, -0.2) is 5.43 Å². The predicted octanol–water partition coefficient (Wildman–Crippen LogP) is 2.29. The minimum atomic E-state index is -1.02. The monoisotopic (exact) mass is 497 g/mol. The molecule has 4 N–H and O–H groups in total. The summed E-state index contributed by atoms with van der Waals surface area (Å²) in [6.07, 6.45) is 1.17. The average molecular weight is 498 g/mol. The van der Waals surface area contributed by atoms with Gasteiger partial charge in [-0.15, -0.1) is 0 Å².